The minimum atomic E-state index is 0.295. The molecule has 0 aromatic carbocycles. The number of nitrogens with one attached hydrogen (secondary N) is 1. The average molecular weight is 178 g/mol. The molecule has 1 aliphatic carbocycles. The van der Waals surface area contributed by atoms with E-state index in [1.165, 1.54) is 0 Å². The van der Waals surface area contributed by atoms with Gasteiger partial charge in [-0.1, -0.05) is 0 Å². The fraction of sp³-hybridized carbons (Fsp3) is 0.556. The number of aromatic nitrogens is 2. The summed E-state index contributed by atoms with van der Waals surface area (Å²) in [5.74, 6) is 0.834. The van der Waals surface area contributed by atoms with Gasteiger partial charge in [0.15, 0.2) is 0 Å². The molecule has 70 valence electrons. The van der Waals surface area contributed by atoms with Gasteiger partial charge in [0.25, 0.3) is 0 Å². The monoisotopic (exact) mass is 178 g/mol. The molecule has 1 heterocycles. The summed E-state index contributed by atoms with van der Waals surface area (Å²) in [6.07, 6.45) is 2.79. The lowest BCUT2D eigenvalue weighted by molar-refractivity contribution is 0.973. The second-order valence-electron chi connectivity index (χ2n) is 3.58. The van der Waals surface area contributed by atoms with Crippen molar-refractivity contribution in [2.75, 3.05) is 5.32 Å². The lowest BCUT2D eigenvalue weighted by atomic mass is 10.3. The molecule has 1 aromatic heterocycles. The van der Waals surface area contributed by atoms with E-state index in [1.54, 1.807) is 6.20 Å². The maximum atomic E-state index is 5.67. The van der Waals surface area contributed by atoms with Gasteiger partial charge in [0.1, 0.15) is 5.82 Å². The molecule has 1 saturated carbocycles. The van der Waals surface area contributed by atoms with Crippen LogP contribution in [0.3, 0.4) is 0 Å². The quantitative estimate of drug-likeness (QED) is 0.696. The molecular formula is C9H14N4. The van der Waals surface area contributed by atoms with Crippen molar-refractivity contribution >= 4 is 5.82 Å². The Morgan fingerprint density at radius 3 is 2.69 bits per heavy atom. The molecule has 0 radical (unpaired) electrons. The molecule has 1 aromatic rings. The second kappa shape index (κ2) is 2.96. The SMILES string of the molecule is Cc1ncc(NC2CC2N)nc1C. The first-order valence-electron chi connectivity index (χ1n) is 4.49. The van der Waals surface area contributed by atoms with Crippen molar-refractivity contribution in [2.45, 2.75) is 32.4 Å². The smallest absolute Gasteiger partial charge is 0.145 e. The summed E-state index contributed by atoms with van der Waals surface area (Å²) in [5, 5.41) is 3.24. The van der Waals surface area contributed by atoms with Gasteiger partial charge in [0, 0.05) is 12.1 Å². The fourth-order valence-corrected chi connectivity index (χ4v) is 1.18. The Balaban J connectivity index is 2.08. The van der Waals surface area contributed by atoms with Crippen molar-refractivity contribution in [2.24, 2.45) is 5.73 Å². The Morgan fingerprint density at radius 1 is 1.46 bits per heavy atom. The highest BCUT2D eigenvalue weighted by Crippen LogP contribution is 2.22. The second-order valence-corrected chi connectivity index (χ2v) is 3.58. The lowest BCUT2D eigenvalue weighted by Crippen LogP contribution is -2.14. The van der Waals surface area contributed by atoms with Crippen LogP contribution < -0.4 is 11.1 Å². The standard InChI is InChI=1S/C9H14N4/c1-5-6(2)12-9(4-11-5)13-8-3-7(8)10/h4,7-8H,3,10H2,1-2H3,(H,12,13). The van der Waals surface area contributed by atoms with E-state index in [0.29, 0.717) is 12.1 Å². The van der Waals surface area contributed by atoms with Gasteiger partial charge in [-0.3, -0.25) is 4.98 Å². The van der Waals surface area contributed by atoms with Gasteiger partial charge in [-0.05, 0) is 20.3 Å². The third-order valence-corrected chi connectivity index (χ3v) is 2.37. The number of aryl methyl sites for hydroxylation is 2. The van der Waals surface area contributed by atoms with Crippen molar-refractivity contribution in [3.8, 4) is 0 Å². The molecule has 1 fully saturated rings. The molecule has 2 atom stereocenters. The summed E-state index contributed by atoms with van der Waals surface area (Å²) in [5.41, 5.74) is 7.62. The Morgan fingerprint density at radius 2 is 2.15 bits per heavy atom. The van der Waals surface area contributed by atoms with E-state index in [2.05, 4.69) is 15.3 Å². The Kier molecular flexibility index (Phi) is 1.92. The number of hydrogen-bond acceptors (Lipinski definition) is 4. The van der Waals surface area contributed by atoms with Crippen LogP contribution in [0.1, 0.15) is 17.8 Å². The van der Waals surface area contributed by atoms with E-state index in [-0.39, 0.29) is 0 Å². The summed E-state index contributed by atoms with van der Waals surface area (Å²) in [7, 11) is 0. The Labute approximate surface area is 77.6 Å². The van der Waals surface area contributed by atoms with Gasteiger partial charge < -0.3 is 11.1 Å². The molecule has 1 aliphatic rings. The summed E-state index contributed by atoms with van der Waals surface area (Å²) in [4.78, 5) is 8.58. The van der Waals surface area contributed by atoms with Crippen LogP contribution in [0.15, 0.2) is 6.20 Å². The summed E-state index contributed by atoms with van der Waals surface area (Å²) in [6.45, 7) is 3.91. The number of rotatable bonds is 2. The maximum absolute atomic E-state index is 5.67. The van der Waals surface area contributed by atoms with E-state index in [0.717, 1.165) is 23.6 Å². The third-order valence-electron chi connectivity index (χ3n) is 2.37. The predicted molar refractivity (Wildman–Crippen MR) is 51.5 cm³/mol. The fourth-order valence-electron chi connectivity index (χ4n) is 1.18. The largest absolute Gasteiger partial charge is 0.364 e. The zero-order chi connectivity index (χ0) is 9.42. The summed E-state index contributed by atoms with van der Waals surface area (Å²) in [6, 6.07) is 0.694. The van der Waals surface area contributed by atoms with E-state index in [9.17, 15) is 0 Å². The van der Waals surface area contributed by atoms with Gasteiger partial charge in [0.2, 0.25) is 0 Å². The normalized spacial score (nSPS) is 25.8. The van der Waals surface area contributed by atoms with Crippen molar-refractivity contribution in [3.05, 3.63) is 17.6 Å². The molecule has 0 aliphatic heterocycles. The minimum absolute atomic E-state index is 0.295. The molecule has 2 unspecified atom stereocenters. The van der Waals surface area contributed by atoms with Gasteiger partial charge in [-0.2, -0.15) is 0 Å². The summed E-state index contributed by atoms with van der Waals surface area (Å²) < 4.78 is 0. The van der Waals surface area contributed by atoms with Crippen molar-refractivity contribution in [3.63, 3.8) is 0 Å². The van der Waals surface area contributed by atoms with Crippen molar-refractivity contribution in [1.82, 2.24) is 9.97 Å². The molecular weight excluding hydrogens is 164 g/mol. The molecule has 0 saturated heterocycles. The Hall–Kier alpha value is -1.16. The Bertz CT molecular complexity index is 323. The molecule has 3 N–H and O–H groups in total. The van der Waals surface area contributed by atoms with Crippen molar-refractivity contribution in [1.29, 1.82) is 0 Å². The van der Waals surface area contributed by atoms with Gasteiger partial charge in [0.05, 0.1) is 17.6 Å². The van der Waals surface area contributed by atoms with Crippen LogP contribution >= 0.6 is 0 Å². The molecule has 13 heavy (non-hydrogen) atoms. The van der Waals surface area contributed by atoms with E-state index >= 15 is 0 Å². The third kappa shape index (κ3) is 1.78. The van der Waals surface area contributed by atoms with Crippen LogP contribution in [0.4, 0.5) is 5.82 Å². The van der Waals surface area contributed by atoms with Crippen LogP contribution in [0.5, 0.6) is 0 Å². The molecule has 0 spiro atoms. The lowest BCUT2D eigenvalue weighted by Gasteiger charge is -2.05. The van der Waals surface area contributed by atoms with Crippen LogP contribution in [0, 0.1) is 13.8 Å². The maximum Gasteiger partial charge on any atom is 0.145 e. The van der Waals surface area contributed by atoms with Gasteiger partial charge >= 0.3 is 0 Å². The topological polar surface area (TPSA) is 63.8 Å². The van der Waals surface area contributed by atoms with Crippen LogP contribution in [-0.2, 0) is 0 Å². The number of hydrogen-bond donors (Lipinski definition) is 2. The molecule has 2 rings (SSSR count). The predicted octanol–water partition coefficient (Wildman–Crippen LogP) is 0.605. The molecule has 4 heteroatoms. The van der Waals surface area contributed by atoms with E-state index in [1.807, 2.05) is 13.8 Å². The highest BCUT2D eigenvalue weighted by atomic mass is 15.1. The average Bonchev–Trinajstić information content (AvgIpc) is 2.75. The van der Waals surface area contributed by atoms with E-state index < -0.39 is 0 Å². The summed E-state index contributed by atoms with van der Waals surface area (Å²) >= 11 is 0. The van der Waals surface area contributed by atoms with Crippen LogP contribution in [-0.4, -0.2) is 22.1 Å². The number of nitrogens with two attached hydrogens (primary N) is 1. The molecule has 0 bridgehead atoms. The zero-order valence-electron chi connectivity index (χ0n) is 7.91. The molecule has 0 amide bonds. The first-order chi connectivity index (χ1) is 6.16. The van der Waals surface area contributed by atoms with E-state index in [4.69, 9.17) is 5.73 Å². The minimum Gasteiger partial charge on any atom is -0.364 e. The first-order valence-corrected chi connectivity index (χ1v) is 4.49. The van der Waals surface area contributed by atoms with Crippen LogP contribution in [0.25, 0.3) is 0 Å². The molecule has 4 nitrogen and oxygen atoms in total. The van der Waals surface area contributed by atoms with Crippen molar-refractivity contribution < 1.29 is 0 Å². The van der Waals surface area contributed by atoms with Gasteiger partial charge in [-0.25, -0.2) is 4.98 Å². The zero-order valence-corrected chi connectivity index (χ0v) is 7.91. The first kappa shape index (κ1) is 8.44. The van der Waals surface area contributed by atoms with Crippen LogP contribution in [0.2, 0.25) is 0 Å². The number of nitrogens with zero attached hydrogens (tertiary/aromatic N) is 2. The van der Waals surface area contributed by atoms with Gasteiger partial charge in [-0.15, -0.1) is 0 Å². The highest BCUT2D eigenvalue weighted by molar-refractivity contribution is 5.37. The highest BCUT2D eigenvalue weighted by Gasteiger charge is 2.33. The number of anilines is 1.